The lowest BCUT2D eigenvalue weighted by atomic mass is 9.93. The number of carbonyl (C=O) groups is 1. The summed E-state index contributed by atoms with van der Waals surface area (Å²) in [5, 5.41) is 43.9. The number of nitrogens with one attached hydrogen (secondary N) is 1. The van der Waals surface area contributed by atoms with Crippen LogP contribution < -0.4 is 5.32 Å². The molecule has 0 fully saturated rings. The van der Waals surface area contributed by atoms with E-state index in [1.54, 1.807) is 49.5 Å². The Morgan fingerprint density at radius 3 is 2.20 bits per heavy atom. The van der Waals surface area contributed by atoms with Crippen molar-refractivity contribution in [2.24, 2.45) is 5.92 Å². The molecule has 5 N–H and O–H groups in total. The molecule has 0 aromatic heterocycles. The SMILES string of the molecule is CC1=C/C(C)=C/C=C/C[C@H](C)NC(=O)/C=C/C=C/C=C/[C@H](C)[C@@H](O)[C@H](O)[C@@H](O)C[C@@H](O)\C=C\C=C\1. The van der Waals surface area contributed by atoms with E-state index in [2.05, 4.69) is 5.32 Å². The highest BCUT2D eigenvalue weighted by Gasteiger charge is 2.28. The van der Waals surface area contributed by atoms with Crippen LogP contribution in [0.3, 0.4) is 0 Å². The summed E-state index contributed by atoms with van der Waals surface area (Å²) >= 11 is 0. The molecule has 1 aliphatic heterocycles. The molecule has 0 aromatic carbocycles. The molecule has 192 valence electrons. The van der Waals surface area contributed by atoms with E-state index in [9.17, 15) is 25.2 Å². The van der Waals surface area contributed by atoms with Crippen LogP contribution in [0.15, 0.2) is 96.2 Å². The standard InChI is InChI=1S/C29H41NO5/c1-21-13-9-11-16-24(4)30-27(33)18-8-6-5-7-15-23(3)28(34)29(35)26(32)20-25(31)17-12-10-14-22(2)19-21/h5-15,17-19,23-26,28-29,31-32,34-35H,16,20H2,1-4H3,(H,30,33)/b6-5+,11-9+,14-10+,15-7+,17-12+,18-8+,21-13+,22-19-/t23-,24-,25-,26-,28+,29+/m0/s1. The normalized spacial score (nSPS) is 39.0. The van der Waals surface area contributed by atoms with Crippen LogP contribution in [0, 0.1) is 5.92 Å². The molecule has 0 bridgehead atoms. The zero-order valence-corrected chi connectivity index (χ0v) is 21.2. The molecular formula is C29H41NO5. The zero-order chi connectivity index (χ0) is 26.2. The van der Waals surface area contributed by atoms with Gasteiger partial charge in [0.1, 0.15) is 6.10 Å². The smallest absolute Gasteiger partial charge is 0.244 e. The van der Waals surface area contributed by atoms with Crippen molar-refractivity contribution in [3.8, 4) is 0 Å². The highest BCUT2D eigenvalue weighted by Crippen LogP contribution is 2.15. The van der Waals surface area contributed by atoms with Gasteiger partial charge in [-0.15, -0.1) is 0 Å². The Kier molecular flexibility index (Phi) is 14.5. The van der Waals surface area contributed by atoms with Gasteiger partial charge >= 0.3 is 0 Å². The molecule has 0 saturated carbocycles. The number of allylic oxidation sites excluding steroid dienone is 12. The summed E-state index contributed by atoms with van der Waals surface area (Å²) in [5.74, 6) is -0.623. The Hall–Kier alpha value is -2.77. The lowest BCUT2D eigenvalue weighted by Gasteiger charge is -2.26. The van der Waals surface area contributed by atoms with Gasteiger partial charge in [0.2, 0.25) is 5.91 Å². The molecule has 0 spiro atoms. The van der Waals surface area contributed by atoms with E-state index >= 15 is 0 Å². The number of aliphatic hydroxyl groups is 4. The number of carbonyl (C=O) groups excluding carboxylic acids is 1. The Labute approximate surface area is 209 Å². The number of rotatable bonds is 0. The van der Waals surface area contributed by atoms with Crippen LogP contribution in [0.2, 0.25) is 0 Å². The summed E-state index contributed by atoms with van der Waals surface area (Å²) in [4.78, 5) is 12.0. The molecule has 0 radical (unpaired) electrons. The van der Waals surface area contributed by atoms with E-state index in [1.807, 2.05) is 51.2 Å². The molecule has 6 atom stereocenters. The Bertz CT molecular complexity index is 891. The molecule has 1 rings (SSSR count). The van der Waals surface area contributed by atoms with Gasteiger partial charge in [-0.25, -0.2) is 0 Å². The van der Waals surface area contributed by atoms with E-state index < -0.39 is 30.3 Å². The zero-order valence-electron chi connectivity index (χ0n) is 21.2. The summed E-state index contributed by atoms with van der Waals surface area (Å²) in [6, 6.07) is -0.00833. The van der Waals surface area contributed by atoms with Gasteiger partial charge in [-0.3, -0.25) is 4.79 Å². The number of amides is 1. The van der Waals surface area contributed by atoms with Crippen LogP contribution >= 0.6 is 0 Å². The van der Waals surface area contributed by atoms with E-state index in [0.717, 1.165) is 11.1 Å². The van der Waals surface area contributed by atoms with Crippen LogP contribution in [0.5, 0.6) is 0 Å². The maximum absolute atomic E-state index is 12.0. The van der Waals surface area contributed by atoms with Crippen molar-refractivity contribution < 1.29 is 25.2 Å². The van der Waals surface area contributed by atoms with Crippen molar-refractivity contribution in [2.45, 2.75) is 71.0 Å². The van der Waals surface area contributed by atoms with Crippen molar-refractivity contribution in [3.63, 3.8) is 0 Å². The van der Waals surface area contributed by atoms with Crippen molar-refractivity contribution in [2.75, 3.05) is 0 Å². The van der Waals surface area contributed by atoms with Gasteiger partial charge in [0.15, 0.2) is 0 Å². The molecule has 0 aromatic rings. The molecule has 0 saturated heterocycles. The van der Waals surface area contributed by atoms with E-state index in [1.165, 1.54) is 12.2 Å². The highest BCUT2D eigenvalue weighted by molar-refractivity contribution is 5.87. The maximum Gasteiger partial charge on any atom is 0.244 e. The number of hydrogen-bond donors (Lipinski definition) is 5. The Morgan fingerprint density at radius 2 is 1.46 bits per heavy atom. The van der Waals surface area contributed by atoms with Crippen LogP contribution in [-0.2, 0) is 4.79 Å². The van der Waals surface area contributed by atoms with E-state index in [4.69, 9.17) is 0 Å². The summed E-state index contributed by atoms with van der Waals surface area (Å²) in [5.41, 5.74) is 2.09. The first-order valence-electron chi connectivity index (χ1n) is 12.0. The quantitative estimate of drug-likeness (QED) is 0.362. The minimum atomic E-state index is -1.41. The van der Waals surface area contributed by atoms with Crippen molar-refractivity contribution in [1.82, 2.24) is 5.32 Å². The van der Waals surface area contributed by atoms with Gasteiger partial charge in [0.05, 0.1) is 18.3 Å². The average Bonchev–Trinajstić information content (AvgIpc) is 2.79. The highest BCUT2D eigenvalue weighted by atomic mass is 16.4. The lowest BCUT2D eigenvalue weighted by Crippen LogP contribution is -2.41. The summed E-state index contributed by atoms with van der Waals surface area (Å²) < 4.78 is 0. The molecule has 0 aliphatic carbocycles. The molecule has 6 heteroatoms. The second-order valence-electron chi connectivity index (χ2n) is 8.96. The first-order chi connectivity index (χ1) is 16.6. The minimum absolute atomic E-state index is 0.00833. The first-order valence-corrected chi connectivity index (χ1v) is 12.0. The third-order valence-corrected chi connectivity index (χ3v) is 5.39. The Balaban J connectivity index is 3.00. The van der Waals surface area contributed by atoms with Crippen LogP contribution in [-0.4, -0.2) is 56.8 Å². The predicted molar refractivity (Wildman–Crippen MR) is 142 cm³/mol. The fraction of sp³-hybridized carbons (Fsp3) is 0.414. The van der Waals surface area contributed by atoms with Gasteiger partial charge < -0.3 is 25.7 Å². The molecule has 0 unspecified atom stereocenters. The van der Waals surface area contributed by atoms with Crippen molar-refractivity contribution in [3.05, 3.63) is 96.2 Å². The lowest BCUT2D eigenvalue weighted by molar-refractivity contribution is -0.117. The molecule has 1 heterocycles. The molecule has 1 amide bonds. The fourth-order valence-corrected chi connectivity index (χ4v) is 3.34. The molecule has 6 nitrogen and oxygen atoms in total. The second kappa shape index (κ2) is 16.8. The molecule has 1 aliphatic rings. The van der Waals surface area contributed by atoms with E-state index in [-0.39, 0.29) is 18.4 Å². The van der Waals surface area contributed by atoms with Crippen molar-refractivity contribution in [1.29, 1.82) is 0 Å². The van der Waals surface area contributed by atoms with Crippen LogP contribution in [0.25, 0.3) is 0 Å². The van der Waals surface area contributed by atoms with Gasteiger partial charge in [-0.05, 0) is 27.2 Å². The van der Waals surface area contributed by atoms with Gasteiger partial charge in [-0.2, -0.15) is 0 Å². The van der Waals surface area contributed by atoms with Gasteiger partial charge in [0.25, 0.3) is 0 Å². The summed E-state index contributed by atoms with van der Waals surface area (Å²) in [6.45, 7) is 7.62. The van der Waals surface area contributed by atoms with Gasteiger partial charge in [0, 0.05) is 24.5 Å². The first kappa shape index (κ1) is 30.3. The second-order valence-corrected chi connectivity index (χ2v) is 8.96. The monoisotopic (exact) mass is 483 g/mol. The third kappa shape index (κ3) is 13.6. The van der Waals surface area contributed by atoms with Crippen molar-refractivity contribution >= 4 is 5.91 Å². The third-order valence-electron chi connectivity index (χ3n) is 5.39. The number of hydrogen-bond acceptors (Lipinski definition) is 5. The topological polar surface area (TPSA) is 110 Å². The van der Waals surface area contributed by atoms with Gasteiger partial charge in [-0.1, -0.05) is 97.1 Å². The predicted octanol–water partition coefficient (Wildman–Crippen LogP) is 3.59. The molecule has 35 heavy (non-hydrogen) atoms. The Morgan fingerprint density at radius 1 is 0.800 bits per heavy atom. The summed E-state index contributed by atoms with van der Waals surface area (Å²) in [6.07, 6.45) is 20.5. The fourth-order valence-electron chi connectivity index (χ4n) is 3.34. The summed E-state index contributed by atoms with van der Waals surface area (Å²) in [7, 11) is 0. The molecular weight excluding hydrogens is 442 g/mol. The minimum Gasteiger partial charge on any atom is -0.390 e. The van der Waals surface area contributed by atoms with Crippen LogP contribution in [0.1, 0.15) is 40.5 Å². The maximum atomic E-state index is 12.0. The van der Waals surface area contributed by atoms with Crippen LogP contribution in [0.4, 0.5) is 0 Å². The number of aliphatic hydroxyl groups excluding tert-OH is 4. The largest absolute Gasteiger partial charge is 0.390 e. The van der Waals surface area contributed by atoms with E-state index in [0.29, 0.717) is 6.42 Å². The average molecular weight is 484 g/mol.